The van der Waals surface area contributed by atoms with Gasteiger partial charge >= 0.3 is 23.9 Å². The predicted molar refractivity (Wildman–Crippen MR) is 159 cm³/mol. The number of rotatable bonds is 29. The van der Waals surface area contributed by atoms with Crippen molar-refractivity contribution in [2.24, 2.45) is 35.4 Å². The normalized spacial score (nSPS) is 12.4. The van der Waals surface area contributed by atoms with Crippen LogP contribution in [0.4, 0.5) is 0 Å². The van der Waals surface area contributed by atoms with Crippen LogP contribution in [0.1, 0.15) is 154 Å². The fourth-order valence-corrected chi connectivity index (χ4v) is 5.29. The molecule has 0 aromatic heterocycles. The highest BCUT2D eigenvalue weighted by molar-refractivity contribution is 5.72. The van der Waals surface area contributed by atoms with Crippen LogP contribution >= 0.6 is 0 Å². The highest BCUT2D eigenvalue weighted by Crippen LogP contribution is 2.22. The summed E-state index contributed by atoms with van der Waals surface area (Å²) in [5, 5.41) is 0. The minimum Gasteiger partial charge on any atom is -0.373 e. The summed E-state index contributed by atoms with van der Waals surface area (Å²) in [5.74, 6) is 18.2. The third-order valence-electron chi connectivity index (χ3n) is 7.88. The van der Waals surface area contributed by atoms with Gasteiger partial charge in [-0.25, -0.2) is 0 Å². The van der Waals surface area contributed by atoms with Gasteiger partial charge in [0.05, 0.1) is 11.8 Å². The second kappa shape index (κ2) is 28.8. The lowest BCUT2D eigenvalue weighted by Crippen LogP contribution is -2.21. The zero-order chi connectivity index (χ0) is 31.3. The van der Waals surface area contributed by atoms with Crippen molar-refractivity contribution in [2.75, 3.05) is 0 Å². The number of hydrogen-bond donors (Lipinski definition) is 4. The second-order valence-electron chi connectivity index (χ2n) is 11.3. The lowest BCUT2D eigenvalue weighted by atomic mass is 9.93. The molecule has 246 valence electrons. The molecule has 0 spiro atoms. The van der Waals surface area contributed by atoms with E-state index in [1.807, 2.05) is 0 Å². The van der Waals surface area contributed by atoms with Crippen molar-refractivity contribution in [3.05, 3.63) is 0 Å². The van der Waals surface area contributed by atoms with Crippen LogP contribution in [0.2, 0.25) is 0 Å². The molecule has 0 rings (SSSR count). The first-order valence-corrected chi connectivity index (χ1v) is 16.0. The van der Waals surface area contributed by atoms with Gasteiger partial charge in [0, 0.05) is 12.8 Å². The van der Waals surface area contributed by atoms with Crippen LogP contribution in [0.15, 0.2) is 0 Å². The first-order chi connectivity index (χ1) is 20.4. The SMILES string of the molecule is NOC(=O)CCCCCCCC(CCCCCCCCCCC(CCCCCCCC(=O)ON)C(=O)ON)C(=O)ON. The molecule has 0 saturated heterocycles. The predicted octanol–water partition coefficient (Wildman–Crippen LogP) is 5.25. The van der Waals surface area contributed by atoms with Crippen LogP contribution in [0.5, 0.6) is 0 Å². The summed E-state index contributed by atoms with van der Waals surface area (Å²) in [5.41, 5.74) is 0. The zero-order valence-electron chi connectivity index (χ0n) is 25.7. The smallest absolute Gasteiger partial charge is 0.327 e. The van der Waals surface area contributed by atoms with E-state index in [0.717, 1.165) is 141 Å². The molecule has 0 amide bonds. The number of carbonyl (C=O) groups is 4. The summed E-state index contributed by atoms with van der Waals surface area (Å²) in [6, 6.07) is 0. The topological polar surface area (TPSA) is 209 Å². The van der Waals surface area contributed by atoms with Crippen molar-refractivity contribution in [2.45, 2.75) is 154 Å². The molecular formula is C30H58N4O8. The molecule has 0 aliphatic heterocycles. The highest BCUT2D eigenvalue weighted by Gasteiger charge is 2.20. The van der Waals surface area contributed by atoms with E-state index in [1.165, 1.54) is 0 Å². The fourth-order valence-electron chi connectivity index (χ4n) is 5.29. The van der Waals surface area contributed by atoms with Gasteiger partial charge in [-0.3, -0.25) is 19.2 Å². The van der Waals surface area contributed by atoms with E-state index in [4.69, 9.17) is 23.6 Å². The van der Waals surface area contributed by atoms with Gasteiger partial charge in [-0.05, 0) is 38.5 Å². The molecule has 12 heteroatoms. The number of unbranched alkanes of at least 4 members (excludes halogenated alkanes) is 15. The molecule has 12 nitrogen and oxygen atoms in total. The molecule has 2 unspecified atom stereocenters. The largest absolute Gasteiger partial charge is 0.373 e. The van der Waals surface area contributed by atoms with Gasteiger partial charge in [-0.2, -0.15) is 23.6 Å². The average Bonchev–Trinajstić information content (AvgIpc) is 3.01. The Morgan fingerprint density at radius 2 is 0.595 bits per heavy atom. The zero-order valence-corrected chi connectivity index (χ0v) is 25.7. The number of hydrogen-bond acceptors (Lipinski definition) is 12. The molecule has 42 heavy (non-hydrogen) atoms. The summed E-state index contributed by atoms with van der Waals surface area (Å²) >= 11 is 0. The van der Waals surface area contributed by atoms with Crippen molar-refractivity contribution >= 4 is 23.9 Å². The first-order valence-electron chi connectivity index (χ1n) is 16.0. The van der Waals surface area contributed by atoms with Gasteiger partial charge in [-0.15, -0.1) is 0 Å². The van der Waals surface area contributed by atoms with E-state index >= 15 is 0 Å². The van der Waals surface area contributed by atoms with Crippen molar-refractivity contribution < 1.29 is 38.5 Å². The fraction of sp³-hybridized carbons (Fsp3) is 0.867. The summed E-state index contributed by atoms with van der Waals surface area (Å²) < 4.78 is 0. The number of nitrogens with two attached hydrogens (primary N) is 4. The van der Waals surface area contributed by atoms with Gasteiger partial charge < -0.3 is 19.4 Å². The average molecular weight is 603 g/mol. The maximum absolute atomic E-state index is 12.0. The molecule has 0 aliphatic rings. The van der Waals surface area contributed by atoms with E-state index in [2.05, 4.69) is 19.4 Å². The summed E-state index contributed by atoms with van der Waals surface area (Å²) in [7, 11) is 0. The van der Waals surface area contributed by atoms with E-state index in [1.54, 1.807) is 0 Å². The molecule has 8 N–H and O–H groups in total. The Balaban J connectivity index is 3.87. The Morgan fingerprint density at radius 1 is 0.357 bits per heavy atom. The lowest BCUT2D eigenvalue weighted by Gasteiger charge is -2.14. The molecule has 0 saturated carbocycles. The molecule has 0 aliphatic carbocycles. The minimum atomic E-state index is -0.386. The first kappa shape index (κ1) is 39.7. The minimum absolute atomic E-state index is 0.155. The molecule has 2 atom stereocenters. The van der Waals surface area contributed by atoms with E-state index in [0.29, 0.717) is 12.8 Å². The summed E-state index contributed by atoms with van der Waals surface area (Å²) in [6.45, 7) is 0. The molecular weight excluding hydrogens is 544 g/mol. The van der Waals surface area contributed by atoms with Crippen molar-refractivity contribution in [1.82, 2.24) is 0 Å². The molecule has 0 bridgehead atoms. The van der Waals surface area contributed by atoms with E-state index in [9.17, 15) is 19.2 Å². The maximum Gasteiger partial charge on any atom is 0.327 e. The summed E-state index contributed by atoms with van der Waals surface area (Å²) in [4.78, 5) is 63.4. The van der Waals surface area contributed by atoms with Crippen LogP contribution in [-0.2, 0) is 38.5 Å². The Morgan fingerprint density at radius 3 is 0.833 bits per heavy atom. The third-order valence-corrected chi connectivity index (χ3v) is 7.88. The lowest BCUT2D eigenvalue weighted by molar-refractivity contribution is -0.150. The molecule has 0 fully saturated rings. The third kappa shape index (κ3) is 23.3. The molecule has 0 aromatic carbocycles. The highest BCUT2D eigenvalue weighted by atomic mass is 16.7. The van der Waals surface area contributed by atoms with Gasteiger partial charge in [0.15, 0.2) is 0 Å². The monoisotopic (exact) mass is 602 g/mol. The second-order valence-corrected chi connectivity index (χ2v) is 11.3. The standard InChI is InChI=1S/C30H58N4O8/c31-39-27(35)23-17-11-5-9-15-21-25(29(37)41-33)19-13-7-3-1-2-4-8-14-20-26(30(38)42-34)22-16-10-6-12-18-24-28(36)40-32/h25-26H,1-24,31-34H2. The summed E-state index contributed by atoms with van der Waals surface area (Å²) in [6.07, 6.45) is 21.7. The quantitative estimate of drug-likeness (QED) is 0.0639. The van der Waals surface area contributed by atoms with Crippen molar-refractivity contribution in [3.63, 3.8) is 0 Å². The van der Waals surface area contributed by atoms with Crippen LogP contribution < -0.4 is 23.6 Å². The van der Waals surface area contributed by atoms with Crippen LogP contribution in [0, 0.1) is 11.8 Å². The van der Waals surface area contributed by atoms with E-state index < -0.39 is 0 Å². The van der Waals surface area contributed by atoms with Gasteiger partial charge in [0.25, 0.3) is 0 Å². The van der Waals surface area contributed by atoms with Gasteiger partial charge in [0.2, 0.25) is 0 Å². The van der Waals surface area contributed by atoms with Crippen LogP contribution in [0.3, 0.4) is 0 Å². The Kier molecular flexibility index (Phi) is 27.3. The maximum atomic E-state index is 12.0. The Hall–Kier alpha value is -2.28. The van der Waals surface area contributed by atoms with Crippen LogP contribution in [-0.4, -0.2) is 23.9 Å². The van der Waals surface area contributed by atoms with Crippen molar-refractivity contribution in [3.8, 4) is 0 Å². The Labute approximate surface area is 252 Å². The van der Waals surface area contributed by atoms with Gasteiger partial charge in [0.1, 0.15) is 0 Å². The molecule has 0 heterocycles. The number of carbonyl (C=O) groups excluding carboxylic acids is 4. The molecule has 0 radical (unpaired) electrons. The Bertz CT molecular complexity index is 653. The molecule has 0 aromatic rings. The van der Waals surface area contributed by atoms with Gasteiger partial charge in [-0.1, -0.05) is 103 Å². The van der Waals surface area contributed by atoms with Crippen LogP contribution in [0.25, 0.3) is 0 Å². The van der Waals surface area contributed by atoms with Crippen molar-refractivity contribution in [1.29, 1.82) is 0 Å². The van der Waals surface area contributed by atoms with E-state index in [-0.39, 0.29) is 35.7 Å².